The van der Waals surface area contributed by atoms with Crippen LogP contribution in [0.1, 0.15) is 22.9 Å². The third-order valence-corrected chi connectivity index (χ3v) is 2.43. The van der Waals surface area contributed by atoms with E-state index >= 15 is 0 Å². The zero-order valence-corrected chi connectivity index (χ0v) is 8.69. The fourth-order valence-corrected chi connectivity index (χ4v) is 1.36. The van der Waals surface area contributed by atoms with E-state index in [1.165, 1.54) is 11.1 Å². The molecule has 1 aromatic carbocycles. The molecule has 1 atom stereocenters. The van der Waals surface area contributed by atoms with Crippen molar-refractivity contribution in [2.75, 3.05) is 0 Å². The molecule has 1 unspecified atom stereocenters. The molecule has 0 saturated heterocycles. The van der Waals surface area contributed by atoms with Crippen molar-refractivity contribution >= 4 is 27.5 Å². The van der Waals surface area contributed by atoms with Crippen molar-refractivity contribution in [1.29, 1.82) is 0 Å². The van der Waals surface area contributed by atoms with Gasteiger partial charge in [0.15, 0.2) is 0 Å². The van der Waals surface area contributed by atoms with Crippen molar-refractivity contribution in [3.8, 4) is 0 Å². The second kappa shape index (κ2) is 4.13. The Balaban J connectivity index is 2.83. The summed E-state index contributed by atoms with van der Waals surface area (Å²) in [4.78, 5) is 0.423. The molecule has 0 aliphatic heterocycles. The molecule has 2 heteroatoms. The van der Waals surface area contributed by atoms with Gasteiger partial charge >= 0.3 is 0 Å². The lowest BCUT2D eigenvalue weighted by Crippen LogP contribution is -1.83. The molecule has 1 aromatic rings. The summed E-state index contributed by atoms with van der Waals surface area (Å²) in [7, 11) is 0. The highest BCUT2D eigenvalue weighted by Crippen LogP contribution is 2.21. The number of hydrogen-bond acceptors (Lipinski definition) is 0. The van der Waals surface area contributed by atoms with Gasteiger partial charge in [-0.3, -0.25) is 0 Å². The van der Waals surface area contributed by atoms with E-state index in [9.17, 15) is 0 Å². The Morgan fingerprint density at radius 1 is 1.36 bits per heavy atom. The summed E-state index contributed by atoms with van der Waals surface area (Å²) in [5.74, 6) is 0.594. The molecule has 0 aromatic heterocycles. The lowest BCUT2D eigenvalue weighted by molar-refractivity contribution is 1.12. The molecular weight excluding hydrogens is 223 g/mol. The second-order valence-electron chi connectivity index (χ2n) is 2.49. The van der Waals surface area contributed by atoms with Crippen molar-refractivity contribution < 1.29 is 0 Å². The Bertz CT molecular complexity index is 216. The molecule has 0 radical (unpaired) electrons. The van der Waals surface area contributed by atoms with Gasteiger partial charge in [0.25, 0.3) is 0 Å². The summed E-state index contributed by atoms with van der Waals surface area (Å²) in [6, 6.07) is 8.30. The molecule has 0 nitrogen and oxygen atoms in total. The minimum absolute atomic E-state index is 0.423. The molecule has 0 fully saturated rings. The standard InChI is InChI=1S/C9H10BrCl/c1-7(10)9-4-2-8(6-11)3-5-9/h2-5,7H,6H2,1H3. The minimum Gasteiger partial charge on any atom is -0.122 e. The Hall–Kier alpha value is -0.0100. The smallest absolute Gasteiger partial charge is 0.0474 e. The van der Waals surface area contributed by atoms with Crippen LogP contribution in [-0.2, 0) is 5.88 Å². The maximum atomic E-state index is 5.65. The van der Waals surface area contributed by atoms with E-state index in [4.69, 9.17) is 11.6 Å². The number of hydrogen-bond donors (Lipinski definition) is 0. The zero-order valence-electron chi connectivity index (χ0n) is 6.35. The lowest BCUT2D eigenvalue weighted by atomic mass is 10.1. The third kappa shape index (κ3) is 2.49. The molecule has 0 amide bonds. The lowest BCUT2D eigenvalue weighted by Gasteiger charge is -2.03. The molecular formula is C9H10BrCl. The third-order valence-electron chi connectivity index (χ3n) is 1.59. The highest BCUT2D eigenvalue weighted by molar-refractivity contribution is 9.09. The van der Waals surface area contributed by atoms with Gasteiger partial charge in [0.1, 0.15) is 0 Å². The average Bonchev–Trinajstić information content (AvgIpc) is 2.05. The molecule has 0 bridgehead atoms. The van der Waals surface area contributed by atoms with E-state index in [0.717, 1.165) is 0 Å². The Kier molecular flexibility index (Phi) is 3.41. The summed E-state index contributed by atoms with van der Waals surface area (Å²) in [5.41, 5.74) is 2.46. The van der Waals surface area contributed by atoms with E-state index < -0.39 is 0 Å². The minimum atomic E-state index is 0.423. The van der Waals surface area contributed by atoms with Crippen LogP contribution in [0.4, 0.5) is 0 Å². The van der Waals surface area contributed by atoms with Gasteiger partial charge in [-0.2, -0.15) is 0 Å². The molecule has 0 aliphatic carbocycles. The first kappa shape index (κ1) is 9.08. The predicted octanol–water partition coefficient (Wildman–Crippen LogP) is 3.88. The Morgan fingerprint density at radius 3 is 2.27 bits per heavy atom. The number of alkyl halides is 2. The van der Waals surface area contributed by atoms with Gasteiger partial charge in [0.2, 0.25) is 0 Å². The van der Waals surface area contributed by atoms with Gasteiger partial charge in [-0.1, -0.05) is 40.2 Å². The summed E-state index contributed by atoms with van der Waals surface area (Å²) in [6.45, 7) is 2.11. The van der Waals surface area contributed by atoms with Crippen LogP contribution in [0.2, 0.25) is 0 Å². The van der Waals surface area contributed by atoms with Gasteiger partial charge < -0.3 is 0 Å². The maximum Gasteiger partial charge on any atom is 0.0474 e. The van der Waals surface area contributed by atoms with Crippen LogP contribution in [0, 0.1) is 0 Å². The summed E-state index contributed by atoms with van der Waals surface area (Å²) in [6.07, 6.45) is 0. The van der Waals surface area contributed by atoms with Crippen LogP contribution < -0.4 is 0 Å². The first-order valence-electron chi connectivity index (χ1n) is 3.53. The van der Waals surface area contributed by atoms with Crippen LogP contribution in [0.25, 0.3) is 0 Å². The highest BCUT2D eigenvalue weighted by Gasteiger charge is 1.98. The predicted molar refractivity (Wildman–Crippen MR) is 53.3 cm³/mol. The quantitative estimate of drug-likeness (QED) is 0.680. The van der Waals surface area contributed by atoms with Gasteiger partial charge in [-0.25, -0.2) is 0 Å². The summed E-state index contributed by atoms with van der Waals surface area (Å²) >= 11 is 9.14. The van der Waals surface area contributed by atoms with E-state index in [1.54, 1.807) is 0 Å². The topological polar surface area (TPSA) is 0 Å². The second-order valence-corrected chi connectivity index (χ2v) is 4.13. The Labute approximate surface area is 80.7 Å². The van der Waals surface area contributed by atoms with E-state index in [-0.39, 0.29) is 0 Å². The van der Waals surface area contributed by atoms with E-state index in [2.05, 4.69) is 47.1 Å². The molecule has 0 heterocycles. The fraction of sp³-hybridized carbons (Fsp3) is 0.333. The normalized spacial score (nSPS) is 13.0. The molecule has 11 heavy (non-hydrogen) atoms. The van der Waals surface area contributed by atoms with Crippen molar-refractivity contribution in [2.45, 2.75) is 17.6 Å². The van der Waals surface area contributed by atoms with Crippen molar-refractivity contribution in [3.05, 3.63) is 35.4 Å². The SMILES string of the molecule is CC(Br)c1ccc(CCl)cc1. The maximum absolute atomic E-state index is 5.65. The molecule has 0 spiro atoms. The van der Waals surface area contributed by atoms with Crippen molar-refractivity contribution in [3.63, 3.8) is 0 Å². The zero-order chi connectivity index (χ0) is 8.27. The van der Waals surface area contributed by atoms with Crippen LogP contribution >= 0.6 is 27.5 Å². The van der Waals surface area contributed by atoms with Crippen LogP contribution in [0.3, 0.4) is 0 Å². The van der Waals surface area contributed by atoms with E-state index in [1.807, 2.05) is 0 Å². The number of halogens is 2. The van der Waals surface area contributed by atoms with Crippen LogP contribution in [-0.4, -0.2) is 0 Å². The van der Waals surface area contributed by atoms with Crippen molar-refractivity contribution in [2.24, 2.45) is 0 Å². The first-order valence-corrected chi connectivity index (χ1v) is 4.98. The molecule has 1 rings (SSSR count). The fourth-order valence-electron chi connectivity index (χ4n) is 0.872. The molecule has 0 aliphatic rings. The molecule has 60 valence electrons. The molecule has 0 saturated carbocycles. The number of benzene rings is 1. The van der Waals surface area contributed by atoms with Gasteiger partial charge in [-0.05, 0) is 18.1 Å². The van der Waals surface area contributed by atoms with Gasteiger partial charge in [-0.15, -0.1) is 11.6 Å². The monoisotopic (exact) mass is 232 g/mol. The summed E-state index contributed by atoms with van der Waals surface area (Å²) < 4.78 is 0. The van der Waals surface area contributed by atoms with Crippen LogP contribution in [0.15, 0.2) is 24.3 Å². The first-order chi connectivity index (χ1) is 5.24. The highest BCUT2D eigenvalue weighted by atomic mass is 79.9. The number of rotatable bonds is 2. The largest absolute Gasteiger partial charge is 0.122 e. The van der Waals surface area contributed by atoms with E-state index in [0.29, 0.717) is 10.7 Å². The van der Waals surface area contributed by atoms with Gasteiger partial charge in [0.05, 0.1) is 0 Å². The molecule has 0 N–H and O–H groups in total. The average molecular weight is 234 g/mol. The summed E-state index contributed by atoms with van der Waals surface area (Å²) in [5, 5.41) is 0. The van der Waals surface area contributed by atoms with Crippen molar-refractivity contribution in [1.82, 2.24) is 0 Å². The van der Waals surface area contributed by atoms with Crippen LogP contribution in [0.5, 0.6) is 0 Å². The Morgan fingerprint density at radius 2 is 1.91 bits per heavy atom. The van der Waals surface area contributed by atoms with Gasteiger partial charge in [0, 0.05) is 10.7 Å².